The molecule has 5 nitrogen and oxygen atoms in total. The van der Waals surface area contributed by atoms with E-state index in [-0.39, 0.29) is 18.2 Å². The minimum atomic E-state index is -4.51. The number of nitrogens with zero attached hydrogens (tertiary/aromatic N) is 2. The Morgan fingerprint density at radius 2 is 1.79 bits per heavy atom. The maximum absolute atomic E-state index is 13.1. The van der Waals surface area contributed by atoms with E-state index in [9.17, 15) is 18.0 Å². The van der Waals surface area contributed by atoms with Crippen LogP contribution < -0.4 is 5.32 Å². The van der Waals surface area contributed by atoms with Gasteiger partial charge >= 0.3 is 6.18 Å². The molecule has 1 aromatic heterocycles. The number of nitrogens with one attached hydrogen (secondary N) is 2. The van der Waals surface area contributed by atoms with Gasteiger partial charge in [-0.3, -0.25) is 9.69 Å². The molecule has 0 bridgehead atoms. The number of rotatable bonds is 4. The van der Waals surface area contributed by atoms with Crippen LogP contribution >= 0.6 is 0 Å². The van der Waals surface area contributed by atoms with Crippen LogP contribution in [-0.2, 0) is 11.0 Å². The Bertz CT molecular complexity index is 973. The van der Waals surface area contributed by atoms with Crippen LogP contribution in [0.25, 0.3) is 11.0 Å². The molecule has 2 heterocycles. The summed E-state index contributed by atoms with van der Waals surface area (Å²) in [6, 6.07) is 12.9. The van der Waals surface area contributed by atoms with Gasteiger partial charge in [0.15, 0.2) is 0 Å². The number of carbonyl (C=O) groups excluding carboxylic acids is 1. The number of aromatic nitrogens is 2. The molecule has 1 aliphatic rings. The van der Waals surface area contributed by atoms with Gasteiger partial charge in [-0.1, -0.05) is 24.3 Å². The highest BCUT2D eigenvalue weighted by atomic mass is 19.4. The maximum atomic E-state index is 13.1. The first-order valence-corrected chi connectivity index (χ1v) is 9.53. The number of amides is 1. The molecule has 0 unspecified atom stereocenters. The second kappa shape index (κ2) is 7.87. The second-order valence-electron chi connectivity index (χ2n) is 7.28. The maximum Gasteiger partial charge on any atom is 0.418 e. The molecule has 0 spiro atoms. The summed E-state index contributed by atoms with van der Waals surface area (Å²) in [5.74, 6) is 0.797. The molecule has 0 aliphatic carbocycles. The number of fused-ring (bicyclic) bond motifs is 1. The van der Waals surface area contributed by atoms with E-state index in [4.69, 9.17) is 0 Å². The summed E-state index contributed by atoms with van der Waals surface area (Å²) in [6.07, 6.45) is -2.83. The first-order chi connectivity index (χ1) is 13.9. The van der Waals surface area contributed by atoms with Crippen molar-refractivity contribution in [3.8, 4) is 0 Å². The number of anilines is 1. The van der Waals surface area contributed by atoms with Crippen LogP contribution in [0.4, 0.5) is 18.9 Å². The second-order valence-corrected chi connectivity index (χ2v) is 7.28. The Hall–Kier alpha value is -2.87. The number of alkyl halides is 3. The number of imidazole rings is 1. The van der Waals surface area contributed by atoms with E-state index in [0.29, 0.717) is 13.1 Å². The Morgan fingerprint density at radius 3 is 2.52 bits per heavy atom. The van der Waals surface area contributed by atoms with Crippen molar-refractivity contribution in [1.29, 1.82) is 0 Å². The minimum Gasteiger partial charge on any atom is -0.342 e. The van der Waals surface area contributed by atoms with E-state index < -0.39 is 17.6 Å². The van der Waals surface area contributed by atoms with Crippen molar-refractivity contribution in [2.75, 3.05) is 25.0 Å². The smallest absolute Gasteiger partial charge is 0.342 e. The Kier molecular flexibility index (Phi) is 5.27. The first kappa shape index (κ1) is 19.4. The van der Waals surface area contributed by atoms with Gasteiger partial charge < -0.3 is 10.3 Å². The predicted octanol–water partition coefficient (Wildman–Crippen LogP) is 4.40. The third-order valence-electron chi connectivity index (χ3n) is 5.26. The monoisotopic (exact) mass is 402 g/mol. The highest BCUT2D eigenvalue weighted by Crippen LogP contribution is 2.34. The first-order valence-electron chi connectivity index (χ1n) is 9.53. The number of carbonyl (C=O) groups is 1. The predicted molar refractivity (Wildman–Crippen MR) is 105 cm³/mol. The van der Waals surface area contributed by atoms with E-state index in [0.717, 1.165) is 35.8 Å². The summed E-state index contributed by atoms with van der Waals surface area (Å²) >= 11 is 0. The van der Waals surface area contributed by atoms with Gasteiger partial charge in [-0.25, -0.2) is 4.98 Å². The Balaban J connectivity index is 1.33. The van der Waals surface area contributed by atoms with Crippen molar-refractivity contribution in [2.24, 2.45) is 0 Å². The molecular formula is C21H21F3N4O. The molecule has 0 atom stereocenters. The molecule has 152 valence electrons. The van der Waals surface area contributed by atoms with E-state index >= 15 is 0 Å². The molecule has 2 N–H and O–H groups in total. The fourth-order valence-corrected chi connectivity index (χ4v) is 3.76. The van der Waals surface area contributed by atoms with Crippen LogP contribution in [0, 0.1) is 0 Å². The molecule has 29 heavy (non-hydrogen) atoms. The number of benzene rings is 2. The van der Waals surface area contributed by atoms with Crippen LogP contribution in [-0.4, -0.2) is 40.4 Å². The molecular weight excluding hydrogens is 381 g/mol. The number of likely N-dealkylation sites (tertiary alicyclic amines) is 1. The summed E-state index contributed by atoms with van der Waals surface area (Å²) in [5.41, 5.74) is 0.902. The van der Waals surface area contributed by atoms with Crippen LogP contribution in [0.2, 0.25) is 0 Å². The van der Waals surface area contributed by atoms with Gasteiger partial charge in [0.2, 0.25) is 5.91 Å². The van der Waals surface area contributed by atoms with E-state index in [1.54, 1.807) is 0 Å². The van der Waals surface area contributed by atoms with Crippen molar-refractivity contribution in [3.05, 3.63) is 59.9 Å². The Labute approximate surface area is 165 Å². The molecule has 1 aliphatic heterocycles. The molecule has 4 rings (SSSR count). The number of aromatic amines is 1. The Morgan fingerprint density at radius 1 is 1.10 bits per heavy atom. The molecule has 2 aromatic carbocycles. The lowest BCUT2D eigenvalue weighted by molar-refractivity contribution is -0.137. The molecule has 0 saturated carbocycles. The van der Waals surface area contributed by atoms with Crippen molar-refractivity contribution >= 4 is 22.6 Å². The van der Waals surface area contributed by atoms with Gasteiger partial charge in [0.05, 0.1) is 28.8 Å². The van der Waals surface area contributed by atoms with Crippen LogP contribution in [0.3, 0.4) is 0 Å². The average molecular weight is 402 g/mol. The van der Waals surface area contributed by atoms with Crippen molar-refractivity contribution < 1.29 is 18.0 Å². The SMILES string of the molecule is O=C(CN1CCC(c2nc3ccccc3[nH]2)CC1)Nc1ccccc1C(F)(F)F. The van der Waals surface area contributed by atoms with Gasteiger partial charge in [-0.05, 0) is 50.2 Å². The van der Waals surface area contributed by atoms with Gasteiger partial charge in [0.25, 0.3) is 0 Å². The number of hydrogen-bond acceptors (Lipinski definition) is 3. The zero-order chi connectivity index (χ0) is 20.4. The molecule has 0 radical (unpaired) electrons. The molecule has 3 aromatic rings. The number of H-pyrrole nitrogens is 1. The zero-order valence-electron chi connectivity index (χ0n) is 15.7. The summed E-state index contributed by atoms with van der Waals surface area (Å²) in [5, 5.41) is 2.41. The van der Waals surface area contributed by atoms with Gasteiger partial charge in [0.1, 0.15) is 5.82 Å². The lowest BCUT2D eigenvalue weighted by Crippen LogP contribution is -2.39. The van der Waals surface area contributed by atoms with Crippen LogP contribution in [0.1, 0.15) is 30.1 Å². The topological polar surface area (TPSA) is 61.0 Å². The van der Waals surface area contributed by atoms with Crippen LogP contribution in [0.15, 0.2) is 48.5 Å². The van der Waals surface area contributed by atoms with E-state index in [1.165, 1.54) is 18.2 Å². The normalized spacial score (nSPS) is 16.2. The molecule has 1 amide bonds. The van der Waals surface area contributed by atoms with Crippen LogP contribution in [0.5, 0.6) is 0 Å². The molecule has 8 heteroatoms. The number of piperidine rings is 1. The highest BCUT2D eigenvalue weighted by molar-refractivity contribution is 5.93. The lowest BCUT2D eigenvalue weighted by Gasteiger charge is -2.30. The summed E-state index contributed by atoms with van der Waals surface area (Å²) in [6.45, 7) is 1.45. The summed E-state index contributed by atoms with van der Waals surface area (Å²) in [7, 11) is 0. The van der Waals surface area contributed by atoms with Crippen molar-refractivity contribution in [1.82, 2.24) is 14.9 Å². The standard InChI is InChI=1S/C21H21F3N4O/c22-21(23,24)15-5-1-2-6-16(15)25-19(29)13-28-11-9-14(10-12-28)20-26-17-7-3-4-8-18(17)27-20/h1-8,14H,9-13H2,(H,25,29)(H,26,27). The summed E-state index contributed by atoms with van der Waals surface area (Å²) in [4.78, 5) is 22.3. The third-order valence-corrected chi connectivity index (χ3v) is 5.26. The van der Waals surface area contributed by atoms with Crippen molar-refractivity contribution in [2.45, 2.75) is 24.9 Å². The quantitative estimate of drug-likeness (QED) is 0.680. The zero-order valence-corrected chi connectivity index (χ0v) is 15.7. The molecule has 1 fully saturated rings. The fourth-order valence-electron chi connectivity index (χ4n) is 3.76. The van der Waals surface area contributed by atoms with Crippen molar-refractivity contribution in [3.63, 3.8) is 0 Å². The molecule has 1 saturated heterocycles. The van der Waals surface area contributed by atoms with Gasteiger partial charge in [-0.2, -0.15) is 13.2 Å². The number of halogens is 3. The average Bonchev–Trinajstić information content (AvgIpc) is 3.12. The fraction of sp³-hybridized carbons (Fsp3) is 0.333. The lowest BCUT2D eigenvalue weighted by atomic mass is 9.96. The van der Waals surface area contributed by atoms with Gasteiger partial charge in [0, 0.05) is 5.92 Å². The summed E-state index contributed by atoms with van der Waals surface area (Å²) < 4.78 is 39.2. The van der Waals surface area contributed by atoms with Gasteiger partial charge in [-0.15, -0.1) is 0 Å². The number of hydrogen-bond donors (Lipinski definition) is 2. The third kappa shape index (κ3) is 4.42. The van der Waals surface area contributed by atoms with E-state index in [2.05, 4.69) is 15.3 Å². The number of para-hydroxylation sites is 3. The largest absolute Gasteiger partial charge is 0.418 e. The van der Waals surface area contributed by atoms with E-state index in [1.807, 2.05) is 29.2 Å². The highest BCUT2D eigenvalue weighted by Gasteiger charge is 2.33. The minimum absolute atomic E-state index is 0.0685.